The number of carbonyl (C=O) groups excluding carboxylic acids is 1. The summed E-state index contributed by atoms with van der Waals surface area (Å²) < 4.78 is 0. The van der Waals surface area contributed by atoms with Crippen LogP contribution < -0.4 is 10.2 Å². The van der Waals surface area contributed by atoms with Gasteiger partial charge in [0.1, 0.15) is 5.69 Å². The third-order valence-electron chi connectivity index (χ3n) is 4.35. The van der Waals surface area contributed by atoms with Gasteiger partial charge in [-0.3, -0.25) is 9.89 Å². The Hall–Kier alpha value is -2.30. The number of amides is 1. The van der Waals surface area contributed by atoms with Crippen LogP contribution in [0.15, 0.2) is 30.3 Å². The Bertz CT molecular complexity index is 669. The molecule has 2 heterocycles. The lowest BCUT2D eigenvalue weighted by Gasteiger charge is -2.17. The van der Waals surface area contributed by atoms with Gasteiger partial charge < -0.3 is 10.2 Å². The number of carbonyl (C=O) groups is 1. The van der Waals surface area contributed by atoms with E-state index in [1.165, 1.54) is 18.5 Å². The Labute approximate surface area is 143 Å². The molecule has 0 bridgehead atoms. The summed E-state index contributed by atoms with van der Waals surface area (Å²) in [6, 6.07) is 10.3. The van der Waals surface area contributed by atoms with E-state index in [0.29, 0.717) is 18.2 Å². The first kappa shape index (κ1) is 16.6. The molecule has 24 heavy (non-hydrogen) atoms. The summed E-state index contributed by atoms with van der Waals surface area (Å²) in [5.74, 6) is 0.403. The first-order chi connectivity index (χ1) is 11.6. The highest BCUT2D eigenvalue weighted by molar-refractivity contribution is 5.92. The highest BCUT2D eigenvalue weighted by Gasteiger charge is 2.13. The summed E-state index contributed by atoms with van der Waals surface area (Å²) in [5.41, 5.74) is 3.84. The molecule has 0 aliphatic carbocycles. The summed E-state index contributed by atoms with van der Waals surface area (Å²) in [4.78, 5) is 14.6. The van der Waals surface area contributed by atoms with Crippen molar-refractivity contribution in [2.45, 2.75) is 39.7 Å². The molecule has 5 nitrogen and oxygen atoms in total. The molecule has 0 unspecified atom stereocenters. The van der Waals surface area contributed by atoms with Crippen LogP contribution in [0.25, 0.3) is 0 Å². The number of nitrogens with one attached hydrogen (secondary N) is 2. The average molecular weight is 326 g/mol. The van der Waals surface area contributed by atoms with Crippen LogP contribution >= 0.6 is 0 Å². The number of nitrogens with zero attached hydrogens (tertiary/aromatic N) is 2. The number of hydrogen-bond acceptors (Lipinski definition) is 3. The van der Waals surface area contributed by atoms with Crippen molar-refractivity contribution < 1.29 is 4.79 Å². The van der Waals surface area contributed by atoms with E-state index in [4.69, 9.17) is 0 Å². The summed E-state index contributed by atoms with van der Waals surface area (Å²) in [5, 5.41) is 9.98. The molecule has 1 aromatic heterocycles. The monoisotopic (exact) mass is 326 g/mol. The van der Waals surface area contributed by atoms with Crippen LogP contribution in [0.5, 0.6) is 0 Å². The molecule has 128 valence electrons. The lowest BCUT2D eigenvalue weighted by atomic mass is 10.1. The molecule has 1 amide bonds. The van der Waals surface area contributed by atoms with Crippen molar-refractivity contribution >= 4 is 11.6 Å². The Kier molecular flexibility index (Phi) is 5.18. The molecule has 0 atom stereocenters. The molecule has 2 N–H and O–H groups in total. The van der Waals surface area contributed by atoms with Crippen LogP contribution in [0.1, 0.15) is 48.4 Å². The maximum atomic E-state index is 12.2. The average Bonchev–Trinajstić information content (AvgIpc) is 3.24. The van der Waals surface area contributed by atoms with Gasteiger partial charge in [-0.1, -0.05) is 26.0 Å². The molecule has 1 aromatic carbocycles. The van der Waals surface area contributed by atoms with Crippen molar-refractivity contribution in [1.82, 2.24) is 15.5 Å². The number of aromatic amines is 1. The smallest absolute Gasteiger partial charge is 0.272 e. The maximum Gasteiger partial charge on any atom is 0.272 e. The zero-order valence-electron chi connectivity index (χ0n) is 14.5. The molecular weight excluding hydrogens is 300 g/mol. The van der Waals surface area contributed by atoms with Gasteiger partial charge in [-0.25, -0.2) is 0 Å². The van der Waals surface area contributed by atoms with Crippen LogP contribution in [0.4, 0.5) is 5.69 Å². The Morgan fingerprint density at radius 2 is 1.96 bits per heavy atom. The SMILES string of the molecule is CC(C)Cc1cc(C(=O)NCc2ccc(N3CCCC3)cc2)n[nH]1. The highest BCUT2D eigenvalue weighted by Crippen LogP contribution is 2.20. The third kappa shape index (κ3) is 4.16. The minimum absolute atomic E-state index is 0.134. The first-order valence-electron chi connectivity index (χ1n) is 8.78. The number of aromatic nitrogens is 2. The highest BCUT2D eigenvalue weighted by atomic mass is 16.1. The quantitative estimate of drug-likeness (QED) is 0.857. The van der Waals surface area contributed by atoms with E-state index in [9.17, 15) is 4.79 Å². The van der Waals surface area contributed by atoms with Gasteiger partial charge in [0.25, 0.3) is 5.91 Å². The topological polar surface area (TPSA) is 61.0 Å². The number of hydrogen-bond donors (Lipinski definition) is 2. The lowest BCUT2D eigenvalue weighted by Crippen LogP contribution is -2.23. The standard InChI is InChI=1S/C19H26N4O/c1-14(2)11-16-12-18(22-21-16)19(24)20-13-15-5-7-17(8-6-15)23-9-3-4-10-23/h5-8,12,14H,3-4,9-11,13H2,1-2H3,(H,20,24)(H,21,22). The van der Waals surface area contributed by atoms with Crippen LogP contribution in [-0.4, -0.2) is 29.2 Å². The van der Waals surface area contributed by atoms with Gasteiger partial charge >= 0.3 is 0 Å². The predicted octanol–water partition coefficient (Wildman–Crippen LogP) is 3.14. The molecule has 1 aliphatic rings. The van der Waals surface area contributed by atoms with E-state index in [1.54, 1.807) is 0 Å². The van der Waals surface area contributed by atoms with Gasteiger partial charge in [0.15, 0.2) is 0 Å². The molecule has 1 aliphatic heterocycles. The molecule has 0 saturated carbocycles. The number of anilines is 1. The van der Waals surface area contributed by atoms with Crippen molar-refractivity contribution in [2.24, 2.45) is 5.92 Å². The lowest BCUT2D eigenvalue weighted by molar-refractivity contribution is 0.0946. The fraction of sp³-hybridized carbons (Fsp3) is 0.474. The van der Waals surface area contributed by atoms with Crippen LogP contribution in [0.3, 0.4) is 0 Å². The maximum absolute atomic E-state index is 12.2. The second kappa shape index (κ2) is 7.51. The number of benzene rings is 1. The largest absolute Gasteiger partial charge is 0.372 e. The minimum Gasteiger partial charge on any atom is -0.372 e. The normalized spacial score (nSPS) is 14.4. The summed E-state index contributed by atoms with van der Waals surface area (Å²) >= 11 is 0. The zero-order valence-corrected chi connectivity index (χ0v) is 14.5. The van der Waals surface area contributed by atoms with E-state index in [-0.39, 0.29) is 5.91 Å². The molecule has 5 heteroatoms. The zero-order chi connectivity index (χ0) is 16.9. The molecule has 0 spiro atoms. The Morgan fingerprint density at radius 1 is 1.25 bits per heavy atom. The van der Waals surface area contributed by atoms with Gasteiger partial charge in [-0.05, 0) is 48.9 Å². The van der Waals surface area contributed by atoms with E-state index in [2.05, 4.69) is 58.5 Å². The molecule has 2 aromatic rings. The first-order valence-corrected chi connectivity index (χ1v) is 8.78. The van der Waals surface area contributed by atoms with Gasteiger partial charge in [0.2, 0.25) is 0 Å². The Balaban J connectivity index is 1.53. The fourth-order valence-electron chi connectivity index (χ4n) is 3.10. The van der Waals surface area contributed by atoms with Crippen LogP contribution in [0, 0.1) is 5.92 Å². The number of rotatable bonds is 6. The van der Waals surface area contributed by atoms with E-state index in [0.717, 1.165) is 30.8 Å². The molecule has 1 fully saturated rings. The van der Waals surface area contributed by atoms with Crippen molar-refractivity contribution in [3.05, 3.63) is 47.3 Å². The predicted molar refractivity (Wildman–Crippen MR) is 96.2 cm³/mol. The van der Waals surface area contributed by atoms with Crippen molar-refractivity contribution in [1.29, 1.82) is 0 Å². The van der Waals surface area contributed by atoms with Gasteiger partial charge in [0, 0.05) is 31.0 Å². The van der Waals surface area contributed by atoms with Crippen LogP contribution in [0.2, 0.25) is 0 Å². The van der Waals surface area contributed by atoms with E-state index < -0.39 is 0 Å². The minimum atomic E-state index is -0.134. The van der Waals surface area contributed by atoms with Gasteiger partial charge in [-0.2, -0.15) is 5.10 Å². The summed E-state index contributed by atoms with van der Waals surface area (Å²) in [6.45, 7) is 7.10. The fourth-order valence-corrected chi connectivity index (χ4v) is 3.10. The van der Waals surface area contributed by atoms with Crippen molar-refractivity contribution in [3.8, 4) is 0 Å². The summed E-state index contributed by atoms with van der Waals surface area (Å²) in [7, 11) is 0. The van der Waals surface area contributed by atoms with E-state index >= 15 is 0 Å². The second-order valence-electron chi connectivity index (χ2n) is 6.92. The Morgan fingerprint density at radius 3 is 2.62 bits per heavy atom. The number of H-pyrrole nitrogens is 1. The molecular formula is C19H26N4O. The second-order valence-corrected chi connectivity index (χ2v) is 6.92. The summed E-state index contributed by atoms with van der Waals surface area (Å²) in [6.07, 6.45) is 3.46. The van der Waals surface area contributed by atoms with Crippen LogP contribution in [-0.2, 0) is 13.0 Å². The molecule has 3 rings (SSSR count). The van der Waals surface area contributed by atoms with Gasteiger partial charge in [-0.15, -0.1) is 0 Å². The third-order valence-corrected chi connectivity index (χ3v) is 4.35. The molecule has 1 saturated heterocycles. The van der Waals surface area contributed by atoms with Crippen molar-refractivity contribution in [3.63, 3.8) is 0 Å². The molecule has 0 radical (unpaired) electrons. The van der Waals surface area contributed by atoms with Gasteiger partial charge in [0.05, 0.1) is 0 Å². The van der Waals surface area contributed by atoms with Crippen molar-refractivity contribution in [2.75, 3.05) is 18.0 Å². The van der Waals surface area contributed by atoms with E-state index in [1.807, 2.05) is 6.07 Å².